The minimum Gasteiger partial charge on any atom is -0.497 e. The van der Waals surface area contributed by atoms with Crippen LogP contribution in [0.2, 0.25) is 0 Å². The third-order valence-electron chi connectivity index (χ3n) is 4.39. The van der Waals surface area contributed by atoms with Gasteiger partial charge in [0.25, 0.3) is 0 Å². The minimum absolute atomic E-state index is 0.663. The number of fused-ring (bicyclic) bond motifs is 1. The van der Waals surface area contributed by atoms with Gasteiger partial charge in [-0.2, -0.15) is 0 Å². The van der Waals surface area contributed by atoms with Crippen LogP contribution in [0.25, 0.3) is 10.9 Å². The molecule has 1 aromatic carbocycles. The van der Waals surface area contributed by atoms with Gasteiger partial charge in [-0.1, -0.05) is 0 Å². The average Bonchev–Trinajstić information content (AvgIpc) is 3.19. The highest BCUT2D eigenvalue weighted by atomic mass is 16.5. The molecule has 0 atom stereocenters. The lowest BCUT2D eigenvalue weighted by atomic mass is 10.1. The number of likely N-dealkylation sites (tertiary alicyclic amines) is 1. The molecule has 0 amide bonds. The Hall–Kier alpha value is -2.01. The maximum atomic E-state index is 11.4. The van der Waals surface area contributed by atoms with Crippen molar-refractivity contribution in [2.24, 2.45) is 0 Å². The maximum absolute atomic E-state index is 11.4. The van der Waals surface area contributed by atoms with Crippen molar-refractivity contribution in [2.75, 3.05) is 33.9 Å². The molecule has 1 saturated heterocycles. The largest absolute Gasteiger partial charge is 0.497 e. The summed E-state index contributed by atoms with van der Waals surface area (Å²) in [4.78, 5) is 13.9. The standard InChI is InChI=1S/C17H22N2O3/c1-21-14-9-15-17(16(10-14)22-2)13(12-20)11-19(15)8-7-18-5-3-4-6-18/h9-12H,3-8H2,1-2H3. The van der Waals surface area contributed by atoms with Crippen molar-refractivity contribution in [1.82, 2.24) is 9.47 Å². The normalized spacial score (nSPS) is 15.4. The summed E-state index contributed by atoms with van der Waals surface area (Å²) in [5.41, 5.74) is 1.65. The van der Waals surface area contributed by atoms with E-state index in [1.807, 2.05) is 18.3 Å². The van der Waals surface area contributed by atoms with Crippen LogP contribution in [0.1, 0.15) is 23.2 Å². The molecule has 1 aliphatic rings. The predicted octanol–water partition coefficient (Wildman–Crippen LogP) is 2.57. The van der Waals surface area contributed by atoms with Crippen LogP contribution in [0.3, 0.4) is 0 Å². The van der Waals surface area contributed by atoms with Gasteiger partial charge in [0.1, 0.15) is 11.5 Å². The first-order chi connectivity index (χ1) is 10.8. The minimum atomic E-state index is 0.663. The van der Waals surface area contributed by atoms with E-state index in [0.29, 0.717) is 11.3 Å². The van der Waals surface area contributed by atoms with Gasteiger partial charge in [0.15, 0.2) is 6.29 Å². The van der Waals surface area contributed by atoms with Gasteiger partial charge in [0, 0.05) is 37.0 Å². The Morgan fingerprint density at radius 3 is 2.55 bits per heavy atom. The van der Waals surface area contributed by atoms with Gasteiger partial charge in [-0.05, 0) is 25.9 Å². The topological polar surface area (TPSA) is 43.7 Å². The fraction of sp³-hybridized carbons (Fsp3) is 0.471. The molecule has 5 nitrogen and oxygen atoms in total. The molecule has 22 heavy (non-hydrogen) atoms. The van der Waals surface area contributed by atoms with Crippen LogP contribution in [0.5, 0.6) is 11.5 Å². The number of rotatable bonds is 6. The molecule has 0 unspecified atom stereocenters. The number of carbonyl (C=O) groups is 1. The first-order valence-corrected chi connectivity index (χ1v) is 7.69. The summed E-state index contributed by atoms with van der Waals surface area (Å²) in [6.45, 7) is 4.21. The van der Waals surface area contributed by atoms with Crippen LogP contribution in [0, 0.1) is 0 Å². The number of carbonyl (C=O) groups excluding carboxylic acids is 1. The highest BCUT2D eigenvalue weighted by Crippen LogP contribution is 2.34. The Kier molecular flexibility index (Phi) is 4.34. The number of aromatic nitrogens is 1. The van der Waals surface area contributed by atoms with Crippen LogP contribution < -0.4 is 9.47 Å². The maximum Gasteiger partial charge on any atom is 0.152 e. The van der Waals surface area contributed by atoms with Crippen LogP contribution in [-0.2, 0) is 6.54 Å². The molecule has 0 bridgehead atoms. The summed E-state index contributed by atoms with van der Waals surface area (Å²) in [7, 11) is 3.25. The highest BCUT2D eigenvalue weighted by molar-refractivity contribution is 6.02. The van der Waals surface area contributed by atoms with Crippen molar-refractivity contribution in [1.29, 1.82) is 0 Å². The van der Waals surface area contributed by atoms with Gasteiger partial charge < -0.3 is 18.9 Å². The van der Waals surface area contributed by atoms with Gasteiger partial charge >= 0.3 is 0 Å². The molecule has 0 N–H and O–H groups in total. The Morgan fingerprint density at radius 1 is 1.14 bits per heavy atom. The summed E-state index contributed by atoms with van der Waals surface area (Å²) in [5, 5.41) is 0.861. The second-order valence-corrected chi connectivity index (χ2v) is 5.67. The Morgan fingerprint density at radius 2 is 1.91 bits per heavy atom. The van der Waals surface area contributed by atoms with E-state index in [4.69, 9.17) is 9.47 Å². The van der Waals surface area contributed by atoms with Crippen LogP contribution in [-0.4, -0.2) is 49.6 Å². The lowest BCUT2D eigenvalue weighted by molar-refractivity contribution is 0.112. The van der Waals surface area contributed by atoms with Crippen molar-refractivity contribution in [3.63, 3.8) is 0 Å². The zero-order chi connectivity index (χ0) is 15.5. The monoisotopic (exact) mass is 302 g/mol. The fourth-order valence-electron chi connectivity index (χ4n) is 3.20. The van der Waals surface area contributed by atoms with Gasteiger partial charge in [-0.25, -0.2) is 0 Å². The van der Waals surface area contributed by atoms with E-state index >= 15 is 0 Å². The molecule has 0 radical (unpaired) electrons. The van der Waals surface area contributed by atoms with Crippen molar-refractivity contribution in [3.8, 4) is 11.5 Å². The van der Waals surface area contributed by atoms with Gasteiger partial charge in [0.05, 0.1) is 25.1 Å². The molecule has 0 aliphatic carbocycles. The number of aldehydes is 1. The third kappa shape index (κ3) is 2.68. The second-order valence-electron chi connectivity index (χ2n) is 5.67. The Balaban J connectivity index is 1.99. The van der Waals surface area contributed by atoms with Crippen molar-refractivity contribution in [2.45, 2.75) is 19.4 Å². The lowest BCUT2D eigenvalue weighted by Crippen LogP contribution is -2.23. The Bertz CT molecular complexity index is 672. The van der Waals surface area contributed by atoms with Gasteiger partial charge in [-0.3, -0.25) is 4.79 Å². The first kappa shape index (κ1) is 14.9. The molecule has 118 valence electrons. The quantitative estimate of drug-likeness (QED) is 0.769. The van der Waals surface area contributed by atoms with Crippen molar-refractivity contribution >= 4 is 17.2 Å². The molecular formula is C17H22N2O3. The average molecular weight is 302 g/mol. The van der Waals surface area contributed by atoms with Gasteiger partial charge in [0.2, 0.25) is 0 Å². The van der Waals surface area contributed by atoms with E-state index in [2.05, 4.69) is 9.47 Å². The van der Waals surface area contributed by atoms with Gasteiger partial charge in [-0.15, -0.1) is 0 Å². The van der Waals surface area contributed by atoms with E-state index in [1.165, 1.54) is 25.9 Å². The smallest absolute Gasteiger partial charge is 0.152 e. The number of nitrogens with zero attached hydrogens (tertiary/aromatic N) is 2. The molecule has 1 aromatic heterocycles. The zero-order valence-corrected chi connectivity index (χ0v) is 13.2. The predicted molar refractivity (Wildman–Crippen MR) is 86.1 cm³/mol. The molecule has 0 saturated carbocycles. The second kappa shape index (κ2) is 6.40. The van der Waals surface area contributed by atoms with Crippen LogP contribution in [0.15, 0.2) is 18.3 Å². The molecule has 1 aliphatic heterocycles. The van der Waals surface area contributed by atoms with E-state index in [1.54, 1.807) is 14.2 Å². The number of ether oxygens (including phenoxy) is 2. The SMILES string of the molecule is COc1cc(OC)c2c(C=O)cn(CCN3CCCC3)c2c1. The zero-order valence-electron chi connectivity index (χ0n) is 13.2. The summed E-state index contributed by atoms with van der Waals surface area (Å²) in [6, 6.07) is 3.79. The fourth-order valence-corrected chi connectivity index (χ4v) is 3.20. The first-order valence-electron chi connectivity index (χ1n) is 7.69. The van der Waals surface area contributed by atoms with E-state index in [9.17, 15) is 4.79 Å². The van der Waals surface area contributed by atoms with Crippen LogP contribution >= 0.6 is 0 Å². The number of methoxy groups -OCH3 is 2. The third-order valence-corrected chi connectivity index (χ3v) is 4.39. The van der Waals surface area contributed by atoms with Crippen molar-refractivity contribution < 1.29 is 14.3 Å². The number of benzene rings is 1. The number of hydrogen-bond acceptors (Lipinski definition) is 4. The van der Waals surface area contributed by atoms with Crippen molar-refractivity contribution in [3.05, 3.63) is 23.9 Å². The summed E-state index contributed by atoms with van der Waals surface area (Å²) < 4.78 is 12.9. The Labute approximate surface area is 130 Å². The summed E-state index contributed by atoms with van der Waals surface area (Å²) in [5.74, 6) is 1.42. The molecule has 0 spiro atoms. The van der Waals surface area contributed by atoms with Crippen LogP contribution in [0.4, 0.5) is 0 Å². The molecule has 2 heterocycles. The molecule has 2 aromatic rings. The number of hydrogen-bond donors (Lipinski definition) is 0. The van der Waals surface area contributed by atoms with E-state index in [-0.39, 0.29) is 0 Å². The summed E-state index contributed by atoms with van der Waals surface area (Å²) in [6.07, 6.45) is 5.38. The molecule has 3 rings (SSSR count). The van der Waals surface area contributed by atoms with E-state index < -0.39 is 0 Å². The highest BCUT2D eigenvalue weighted by Gasteiger charge is 2.16. The molecule has 5 heteroatoms. The lowest BCUT2D eigenvalue weighted by Gasteiger charge is -2.15. The molecule has 1 fully saturated rings. The molecular weight excluding hydrogens is 280 g/mol. The summed E-state index contributed by atoms with van der Waals surface area (Å²) >= 11 is 0. The van der Waals surface area contributed by atoms with E-state index in [0.717, 1.165) is 36.0 Å².